The molecule has 1 aromatic carbocycles. The molecule has 0 aliphatic carbocycles. The quantitative estimate of drug-likeness (QED) is 0.490. The van der Waals surface area contributed by atoms with Crippen molar-refractivity contribution in [2.24, 2.45) is 0 Å². The van der Waals surface area contributed by atoms with Crippen molar-refractivity contribution in [1.82, 2.24) is 0 Å². The zero-order valence-electron chi connectivity index (χ0n) is 6.20. The first kappa shape index (κ1) is 8.03. The molecule has 1 rings (SSSR count). The highest BCUT2D eigenvalue weighted by Gasteiger charge is 1.92. The summed E-state index contributed by atoms with van der Waals surface area (Å²) >= 11 is 1.31. The molecule has 0 fully saturated rings. The van der Waals surface area contributed by atoms with Gasteiger partial charge in [-0.25, -0.2) is 0 Å². The molecule has 0 aliphatic rings. The lowest BCUT2D eigenvalue weighted by Gasteiger charge is -1.99. The molecule has 0 unspecified atom stereocenters. The van der Waals surface area contributed by atoms with Crippen LogP contribution in [0.1, 0.15) is 5.56 Å². The van der Waals surface area contributed by atoms with E-state index in [1.165, 1.54) is 12.0 Å². The van der Waals surface area contributed by atoms with Crippen molar-refractivity contribution in [3.63, 3.8) is 0 Å². The van der Waals surface area contributed by atoms with Gasteiger partial charge in [0.1, 0.15) is 5.75 Å². The van der Waals surface area contributed by atoms with E-state index in [9.17, 15) is 0 Å². The third kappa shape index (κ3) is 2.21. The molecule has 0 N–H and O–H groups in total. The van der Waals surface area contributed by atoms with Crippen molar-refractivity contribution in [2.75, 3.05) is 6.26 Å². The Bertz CT molecular complexity index is 275. The molecule has 56 valence electrons. The Morgan fingerprint density at radius 3 is 3.00 bits per heavy atom. The van der Waals surface area contributed by atoms with Gasteiger partial charge >= 0.3 is 0 Å². The van der Waals surface area contributed by atoms with Crippen LogP contribution in [0.5, 0.6) is 5.75 Å². The lowest BCUT2D eigenvalue weighted by molar-refractivity contribution is 0.650. The minimum Gasteiger partial charge on any atom is -0.426 e. The largest absolute Gasteiger partial charge is 0.426 e. The van der Waals surface area contributed by atoms with E-state index < -0.39 is 0 Å². The fourth-order valence-corrected chi connectivity index (χ4v) is 1.03. The van der Waals surface area contributed by atoms with Gasteiger partial charge in [0.15, 0.2) is 0 Å². The Kier molecular flexibility index (Phi) is 2.88. The van der Waals surface area contributed by atoms with Crippen LogP contribution in [0.3, 0.4) is 0 Å². The second-order valence-electron chi connectivity index (χ2n) is 1.92. The maximum absolute atomic E-state index is 5.20. The summed E-state index contributed by atoms with van der Waals surface area (Å²) < 4.78 is 5.17. The first-order valence-corrected chi connectivity index (χ1v) is 4.29. The predicted molar refractivity (Wildman–Crippen MR) is 48.5 cm³/mol. The summed E-state index contributed by atoms with van der Waals surface area (Å²) in [5.74, 6) is 3.34. The van der Waals surface area contributed by atoms with Crippen LogP contribution in [0.15, 0.2) is 24.3 Å². The first-order chi connectivity index (χ1) is 5.36. The smallest absolute Gasteiger partial charge is 0.138 e. The topological polar surface area (TPSA) is 9.23 Å². The van der Waals surface area contributed by atoms with Crippen molar-refractivity contribution in [2.45, 2.75) is 0 Å². The van der Waals surface area contributed by atoms with Crippen molar-refractivity contribution in [1.29, 1.82) is 0 Å². The third-order valence-corrected chi connectivity index (χ3v) is 1.54. The Balaban J connectivity index is 2.85. The van der Waals surface area contributed by atoms with Gasteiger partial charge in [0.2, 0.25) is 0 Å². The van der Waals surface area contributed by atoms with Gasteiger partial charge in [0.05, 0.1) is 12.0 Å². The summed E-state index contributed by atoms with van der Waals surface area (Å²) in [7, 11) is 0. The zero-order chi connectivity index (χ0) is 8.10. The number of hydrogen-bond acceptors (Lipinski definition) is 2. The highest BCUT2D eigenvalue weighted by molar-refractivity contribution is 7.94. The van der Waals surface area contributed by atoms with Gasteiger partial charge in [0.25, 0.3) is 0 Å². The molecular formula is C9H8OS. The van der Waals surface area contributed by atoms with Crippen LogP contribution in [0, 0.1) is 12.3 Å². The Morgan fingerprint density at radius 1 is 1.55 bits per heavy atom. The van der Waals surface area contributed by atoms with E-state index in [0.717, 1.165) is 11.3 Å². The van der Waals surface area contributed by atoms with Crippen LogP contribution in [0.25, 0.3) is 0 Å². The van der Waals surface area contributed by atoms with Gasteiger partial charge in [-0.1, -0.05) is 12.0 Å². The maximum atomic E-state index is 5.20. The maximum Gasteiger partial charge on any atom is 0.138 e. The molecule has 0 amide bonds. The Morgan fingerprint density at radius 2 is 2.36 bits per heavy atom. The third-order valence-electron chi connectivity index (χ3n) is 1.18. The molecule has 0 bridgehead atoms. The van der Waals surface area contributed by atoms with Crippen molar-refractivity contribution in [3.05, 3.63) is 29.8 Å². The summed E-state index contributed by atoms with van der Waals surface area (Å²) in [5, 5.41) is 0. The van der Waals surface area contributed by atoms with Gasteiger partial charge in [-0.2, -0.15) is 0 Å². The number of rotatable bonds is 2. The van der Waals surface area contributed by atoms with E-state index in [1.54, 1.807) is 0 Å². The van der Waals surface area contributed by atoms with Crippen molar-refractivity contribution >= 4 is 12.0 Å². The highest BCUT2D eigenvalue weighted by atomic mass is 32.2. The molecular weight excluding hydrogens is 156 g/mol. The molecule has 1 aromatic rings. The molecule has 0 aliphatic heterocycles. The SMILES string of the molecule is C#Cc1cccc(OSC)c1. The van der Waals surface area contributed by atoms with Crippen molar-refractivity contribution in [3.8, 4) is 18.1 Å². The van der Waals surface area contributed by atoms with Crippen LogP contribution < -0.4 is 4.18 Å². The van der Waals surface area contributed by atoms with E-state index in [1.807, 2.05) is 30.5 Å². The average molecular weight is 164 g/mol. The molecule has 11 heavy (non-hydrogen) atoms. The highest BCUT2D eigenvalue weighted by Crippen LogP contribution is 2.15. The second-order valence-corrected chi connectivity index (χ2v) is 2.42. The predicted octanol–water partition coefficient (Wildman–Crippen LogP) is 2.32. The molecule has 0 atom stereocenters. The summed E-state index contributed by atoms with van der Waals surface area (Å²) in [6.45, 7) is 0. The summed E-state index contributed by atoms with van der Waals surface area (Å²) in [6.07, 6.45) is 7.07. The van der Waals surface area contributed by atoms with Gasteiger partial charge in [-0.15, -0.1) is 6.42 Å². The van der Waals surface area contributed by atoms with E-state index >= 15 is 0 Å². The summed E-state index contributed by atoms with van der Waals surface area (Å²) in [4.78, 5) is 0. The molecule has 2 heteroatoms. The van der Waals surface area contributed by atoms with Crippen LogP contribution in [-0.2, 0) is 0 Å². The van der Waals surface area contributed by atoms with Crippen LogP contribution >= 0.6 is 12.0 Å². The van der Waals surface area contributed by atoms with Crippen molar-refractivity contribution < 1.29 is 4.18 Å². The number of hydrogen-bond donors (Lipinski definition) is 0. The molecule has 0 aromatic heterocycles. The molecule has 1 nitrogen and oxygen atoms in total. The minimum atomic E-state index is 0.799. The zero-order valence-corrected chi connectivity index (χ0v) is 7.02. The molecule has 0 saturated heterocycles. The molecule has 0 spiro atoms. The normalized spacial score (nSPS) is 8.73. The van der Waals surface area contributed by atoms with E-state index in [0.29, 0.717) is 0 Å². The van der Waals surface area contributed by atoms with E-state index in [4.69, 9.17) is 10.6 Å². The minimum absolute atomic E-state index is 0.799. The number of benzene rings is 1. The Hall–Kier alpha value is -1.07. The summed E-state index contributed by atoms with van der Waals surface area (Å²) in [5.41, 5.74) is 0.844. The lowest BCUT2D eigenvalue weighted by atomic mass is 10.2. The molecule has 0 heterocycles. The lowest BCUT2D eigenvalue weighted by Crippen LogP contribution is -1.79. The van der Waals surface area contributed by atoms with Gasteiger partial charge < -0.3 is 4.18 Å². The van der Waals surface area contributed by atoms with Gasteiger partial charge in [-0.05, 0) is 18.2 Å². The van der Waals surface area contributed by atoms with Crippen LogP contribution in [-0.4, -0.2) is 6.26 Å². The van der Waals surface area contributed by atoms with Crippen LogP contribution in [0.4, 0.5) is 0 Å². The van der Waals surface area contributed by atoms with Crippen LogP contribution in [0.2, 0.25) is 0 Å². The molecule has 0 radical (unpaired) electrons. The second kappa shape index (κ2) is 3.95. The average Bonchev–Trinajstić information content (AvgIpc) is 2.06. The Labute approximate surface area is 71.0 Å². The summed E-state index contributed by atoms with van der Waals surface area (Å²) in [6, 6.07) is 7.45. The fraction of sp³-hybridized carbons (Fsp3) is 0.111. The standard InChI is InChI=1S/C9H8OS/c1-3-8-5-4-6-9(7-8)10-11-2/h1,4-7H,2H3. The number of terminal acetylenes is 1. The van der Waals surface area contributed by atoms with Gasteiger partial charge in [0, 0.05) is 11.8 Å². The molecule has 0 saturated carbocycles. The van der Waals surface area contributed by atoms with E-state index in [2.05, 4.69) is 5.92 Å². The monoisotopic (exact) mass is 164 g/mol. The first-order valence-electron chi connectivity index (χ1n) is 3.14. The van der Waals surface area contributed by atoms with Gasteiger partial charge in [-0.3, -0.25) is 0 Å². The fourth-order valence-electron chi connectivity index (χ4n) is 0.734. The van der Waals surface area contributed by atoms with E-state index in [-0.39, 0.29) is 0 Å².